The number of phenols is 1. The van der Waals surface area contributed by atoms with E-state index in [9.17, 15) is 26.3 Å². The highest BCUT2D eigenvalue weighted by molar-refractivity contribution is 5.58. The number of hydrogen-bond acceptors (Lipinski definition) is 3. The maximum Gasteiger partial charge on any atom is 0.418 e. The van der Waals surface area contributed by atoms with Crippen LogP contribution in [0.1, 0.15) is 25.0 Å². The molecule has 0 unspecified atom stereocenters. The molecule has 0 aromatic heterocycles. The molecular weight excluding hydrogens is 290 g/mol. The Bertz CT molecular complexity index is 484. The molecule has 0 spiro atoms. The van der Waals surface area contributed by atoms with E-state index < -0.39 is 41.0 Å². The first-order valence-corrected chi connectivity index (χ1v) is 5.35. The molecule has 0 fully saturated rings. The van der Waals surface area contributed by atoms with E-state index in [-0.39, 0.29) is 12.1 Å². The predicted molar refractivity (Wildman–Crippen MR) is 57.8 cm³/mol. The van der Waals surface area contributed by atoms with Crippen LogP contribution in [0.15, 0.2) is 22.4 Å². The first kappa shape index (κ1) is 16.3. The van der Waals surface area contributed by atoms with Gasteiger partial charge >= 0.3 is 12.4 Å². The maximum atomic E-state index is 12.7. The number of azo groups is 1. The second-order valence-electron chi connectivity index (χ2n) is 4.19. The third-order valence-electron chi connectivity index (χ3n) is 2.09. The quantitative estimate of drug-likeness (QED) is 0.611. The van der Waals surface area contributed by atoms with E-state index >= 15 is 0 Å². The van der Waals surface area contributed by atoms with Crippen LogP contribution in [0, 0.1) is 0 Å². The molecule has 3 nitrogen and oxygen atoms in total. The number of rotatable bonds is 2. The van der Waals surface area contributed by atoms with Gasteiger partial charge in [-0.3, -0.25) is 0 Å². The molecule has 0 amide bonds. The zero-order valence-corrected chi connectivity index (χ0v) is 10.3. The smallest absolute Gasteiger partial charge is 0.418 e. The van der Waals surface area contributed by atoms with E-state index in [1.54, 1.807) is 0 Å². The average molecular weight is 300 g/mol. The second kappa shape index (κ2) is 5.29. The Balaban J connectivity index is 3.63. The molecule has 112 valence electrons. The minimum Gasteiger partial charge on any atom is -0.508 e. The molecule has 1 aromatic carbocycles. The van der Waals surface area contributed by atoms with Crippen molar-refractivity contribution in [3.63, 3.8) is 0 Å². The number of nitrogens with zero attached hydrogens (tertiary/aromatic N) is 2. The third kappa shape index (κ3) is 3.84. The van der Waals surface area contributed by atoms with Crippen LogP contribution in [0.4, 0.5) is 32.0 Å². The summed E-state index contributed by atoms with van der Waals surface area (Å²) in [5.41, 5.74) is -4.72. The van der Waals surface area contributed by atoms with Gasteiger partial charge in [-0.2, -0.15) is 36.6 Å². The fourth-order valence-electron chi connectivity index (χ4n) is 1.33. The molecule has 20 heavy (non-hydrogen) atoms. The van der Waals surface area contributed by atoms with E-state index in [0.29, 0.717) is 0 Å². The molecule has 0 saturated carbocycles. The normalized spacial score (nSPS) is 13.4. The highest BCUT2D eigenvalue weighted by atomic mass is 19.4. The van der Waals surface area contributed by atoms with Crippen molar-refractivity contribution in [2.24, 2.45) is 10.2 Å². The van der Waals surface area contributed by atoms with Crippen molar-refractivity contribution in [1.82, 2.24) is 0 Å². The summed E-state index contributed by atoms with van der Waals surface area (Å²) in [7, 11) is 0. The van der Waals surface area contributed by atoms with E-state index in [0.717, 1.165) is 0 Å². The van der Waals surface area contributed by atoms with Crippen LogP contribution in [-0.4, -0.2) is 11.1 Å². The Morgan fingerprint density at radius 3 is 1.65 bits per heavy atom. The zero-order chi connectivity index (χ0) is 15.7. The molecule has 0 atom stereocenters. The molecule has 0 aliphatic rings. The summed E-state index contributed by atoms with van der Waals surface area (Å²) in [4.78, 5) is 0. The number of alkyl halides is 6. The van der Waals surface area contributed by atoms with Gasteiger partial charge in [-0.05, 0) is 26.0 Å². The van der Waals surface area contributed by atoms with Crippen LogP contribution in [0.25, 0.3) is 0 Å². The molecule has 0 heterocycles. The molecule has 9 heteroatoms. The van der Waals surface area contributed by atoms with Crippen LogP contribution in [0.5, 0.6) is 5.75 Å². The van der Waals surface area contributed by atoms with Crippen LogP contribution >= 0.6 is 0 Å². The van der Waals surface area contributed by atoms with Crippen molar-refractivity contribution >= 4 is 5.69 Å². The van der Waals surface area contributed by atoms with Gasteiger partial charge in [-0.25, -0.2) is 0 Å². The average Bonchev–Trinajstić information content (AvgIpc) is 2.23. The summed E-state index contributed by atoms with van der Waals surface area (Å²) < 4.78 is 76.4. The lowest BCUT2D eigenvalue weighted by molar-refractivity contribution is -0.142. The zero-order valence-electron chi connectivity index (χ0n) is 10.3. The summed E-state index contributed by atoms with van der Waals surface area (Å²) >= 11 is 0. The Morgan fingerprint density at radius 1 is 0.950 bits per heavy atom. The Labute approximate surface area is 109 Å². The number of hydrogen-bond donors (Lipinski definition) is 1. The number of halogens is 6. The van der Waals surface area contributed by atoms with Crippen molar-refractivity contribution < 1.29 is 31.4 Å². The predicted octanol–water partition coefficient (Wildman–Crippen LogP) is 4.92. The molecule has 0 aliphatic carbocycles. The van der Waals surface area contributed by atoms with Crippen LogP contribution < -0.4 is 0 Å². The Hall–Kier alpha value is -1.80. The van der Waals surface area contributed by atoms with Gasteiger partial charge in [0.25, 0.3) is 0 Å². The topological polar surface area (TPSA) is 45.0 Å². The van der Waals surface area contributed by atoms with Gasteiger partial charge in [-0.15, -0.1) is 0 Å². The fourth-order valence-corrected chi connectivity index (χ4v) is 1.33. The standard InChI is InChI=1S/C11H10F6N2O/c1-5(2)18-19-9-7(10(12,13)14)3-6(20)4-8(9)11(15,16)17/h3-5,20H,1-2H3. The van der Waals surface area contributed by atoms with Gasteiger partial charge in [0, 0.05) is 0 Å². The van der Waals surface area contributed by atoms with Crippen molar-refractivity contribution in [3.8, 4) is 5.75 Å². The van der Waals surface area contributed by atoms with Gasteiger partial charge in [0.15, 0.2) is 0 Å². The third-order valence-corrected chi connectivity index (χ3v) is 2.09. The summed E-state index contributed by atoms with van der Waals surface area (Å²) in [5.74, 6) is -1.15. The lowest BCUT2D eigenvalue weighted by Gasteiger charge is -2.16. The van der Waals surface area contributed by atoms with E-state index in [1.807, 2.05) is 0 Å². The van der Waals surface area contributed by atoms with Crippen molar-refractivity contribution in [2.75, 3.05) is 0 Å². The largest absolute Gasteiger partial charge is 0.508 e. The van der Waals surface area contributed by atoms with Crippen molar-refractivity contribution in [3.05, 3.63) is 23.3 Å². The lowest BCUT2D eigenvalue weighted by atomic mass is 10.1. The van der Waals surface area contributed by atoms with Gasteiger partial charge in [0.05, 0.1) is 17.2 Å². The molecular formula is C11H10F6N2O. The highest BCUT2D eigenvalue weighted by Gasteiger charge is 2.42. The lowest BCUT2D eigenvalue weighted by Crippen LogP contribution is -2.11. The molecule has 0 aliphatic heterocycles. The number of aromatic hydroxyl groups is 1. The van der Waals surface area contributed by atoms with Gasteiger partial charge < -0.3 is 5.11 Å². The molecule has 1 aromatic rings. The Kier molecular flexibility index (Phi) is 4.30. The van der Waals surface area contributed by atoms with E-state index in [4.69, 9.17) is 5.11 Å². The number of phenolic OH excluding ortho intramolecular Hbond substituents is 1. The molecule has 0 saturated heterocycles. The minimum atomic E-state index is -5.09. The molecule has 0 bridgehead atoms. The molecule has 1 rings (SSSR count). The van der Waals surface area contributed by atoms with Crippen molar-refractivity contribution in [1.29, 1.82) is 0 Å². The fraction of sp³-hybridized carbons (Fsp3) is 0.455. The first-order chi connectivity index (χ1) is 8.93. The summed E-state index contributed by atoms with van der Waals surface area (Å²) in [6.45, 7) is 2.90. The van der Waals surface area contributed by atoms with Crippen LogP contribution in [0.2, 0.25) is 0 Å². The minimum absolute atomic E-state index is 0.184. The second-order valence-corrected chi connectivity index (χ2v) is 4.19. The van der Waals surface area contributed by atoms with Gasteiger partial charge in [0.2, 0.25) is 0 Å². The Morgan fingerprint density at radius 2 is 1.35 bits per heavy atom. The SMILES string of the molecule is CC(C)N=Nc1c(C(F)(F)F)cc(O)cc1C(F)(F)F. The van der Waals surface area contributed by atoms with E-state index in [1.165, 1.54) is 13.8 Å². The highest BCUT2D eigenvalue weighted by Crippen LogP contribution is 2.46. The first-order valence-electron chi connectivity index (χ1n) is 5.35. The monoisotopic (exact) mass is 300 g/mol. The summed E-state index contributed by atoms with van der Waals surface area (Å²) in [6, 6.07) is -0.209. The van der Waals surface area contributed by atoms with Crippen LogP contribution in [-0.2, 0) is 12.4 Å². The van der Waals surface area contributed by atoms with Gasteiger partial charge in [0.1, 0.15) is 11.4 Å². The number of benzene rings is 1. The molecule has 0 radical (unpaired) electrons. The maximum absolute atomic E-state index is 12.7. The molecule has 1 N–H and O–H groups in total. The van der Waals surface area contributed by atoms with Crippen molar-refractivity contribution in [2.45, 2.75) is 32.2 Å². The summed E-state index contributed by atoms with van der Waals surface area (Å²) in [6.07, 6.45) is -10.2. The van der Waals surface area contributed by atoms with Crippen LogP contribution in [0.3, 0.4) is 0 Å². The summed E-state index contributed by atoms with van der Waals surface area (Å²) in [5, 5.41) is 15.4. The van der Waals surface area contributed by atoms with E-state index in [2.05, 4.69) is 10.2 Å². The van der Waals surface area contributed by atoms with Gasteiger partial charge in [-0.1, -0.05) is 0 Å².